The number of aryl methyl sites for hydroxylation is 2. The van der Waals surface area contributed by atoms with Gasteiger partial charge in [0.25, 0.3) is 5.91 Å². The van der Waals surface area contributed by atoms with Crippen LogP contribution in [0.15, 0.2) is 42.5 Å². The number of amides is 3. The Morgan fingerprint density at radius 1 is 1.08 bits per heavy atom. The summed E-state index contributed by atoms with van der Waals surface area (Å²) in [5.74, 6) is 1.73. The van der Waals surface area contributed by atoms with E-state index in [0.29, 0.717) is 16.8 Å². The average molecular weight is 510 g/mol. The highest BCUT2D eigenvalue weighted by molar-refractivity contribution is 7.80. The van der Waals surface area contributed by atoms with Gasteiger partial charge in [-0.15, -0.1) is 6.42 Å². The Labute approximate surface area is 219 Å². The van der Waals surface area contributed by atoms with Crippen molar-refractivity contribution in [2.45, 2.75) is 59.2 Å². The molecule has 2 aromatic carbocycles. The van der Waals surface area contributed by atoms with Crippen LogP contribution < -0.4 is 10.6 Å². The number of carbonyl (C=O) groups is 3. The van der Waals surface area contributed by atoms with E-state index in [1.165, 1.54) is 4.90 Å². The Kier molecular flexibility index (Phi) is 10.00. The van der Waals surface area contributed by atoms with Gasteiger partial charge in [-0.2, -0.15) is 12.6 Å². The second-order valence-corrected chi connectivity index (χ2v) is 9.76. The van der Waals surface area contributed by atoms with Gasteiger partial charge in [0, 0.05) is 23.5 Å². The van der Waals surface area contributed by atoms with Gasteiger partial charge in [-0.25, -0.2) is 4.79 Å². The van der Waals surface area contributed by atoms with Crippen molar-refractivity contribution in [3.63, 3.8) is 0 Å². The first-order valence-electron chi connectivity index (χ1n) is 11.8. The van der Waals surface area contributed by atoms with Crippen LogP contribution in [0.3, 0.4) is 0 Å². The van der Waals surface area contributed by atoms with E-state index in [2.05, 4.69) is 29.2 Å². The first-order valence-corrected chi connectivity index (χ1v) is 12.4. The van der Waals surface area contributed by atoms with Crippen LogP contribution in [0.2, 0.25) is 0 Å². The van der Waals surface area contributed by atoms with Crippen LogP contribution in [0.25, 0.3) is 0 Å². The molecular formula is C28H35N3O4S. The molecule has 0 spiro atoms. The largest absolute Gasteiger partial charge is 0.444 e. The predicted molar refractivity (Wildman–Crippen MR) is 146 cm³/mol. The third kappa shape index (κ3) is 7.28. The molecule has 2 aromatic rings. The van der Waals surface area contributed by atoms with Crippen LogP contribution in [0.4, 0.5) is 10.5 Å². The number of likely N-dealkylation sites (N-methyl/N-ethyl adjacent to an activating group) is 1. The van der Waals surface area contributed by atoms with Gasteiger partial charge in [0.15, 0.2) is 0 Å². The van der Waals surface area contributed by atoms with Crippen molar-refractivity contribution < 1.29 is 19.1 Å². The highest BCUT2D eigenvalue weighted by Crippen LogP contribution is 2.28. The summed E-state index contributed by atoms with van der Waals surface area (Å²) < 4.78 is 5.31. The molecule has 2 unspecified atom stereocenters. The molecule has 0 heterocycles. The molecule has 36 heavy (non-hydrogen) atoms. The first-order chi connectivity index (χ1) is 16.9. The number of benzene rings is 2. The van der Waals surface area contributed by atoms with Gasteiger partial charge in [0.05, 0.1) is 0 Å². The van der Waals surface area contributed by atoms with Gasteiger partial charge < -0.3 is 20.3 Å². The van der Waals surface area contributed by atoms with Crippen molar-refractivity contribution >= 4 is 36.2 Å². The maximum Gasteiger partial charge on any atom is 0.408 e. The zero-order chi connectivity index (χ0) is 27.0. The van der Waals surface area contributed by atoms with Gasteiger partial charge >= 0.3 is 6.09 Å². The third-order valence-electron chi connectivity index (χ3n) is 5.50. The maximum atomic E-state index is 13.8. The minimum atomic E-state index is -1.04. The molecule has 2 rings (SSSR count). The summed E-state index contributed by atoms with van der Waals surface area (Å²) in [6, 6.07) is 10.6. The summed E-state index contributed by atoms with van der Waals surface area (Å²) in [6.07, 6.45) is 5.00. The van der Waals surface area contributed by atoms with Crippen LogP contribution in [0.1, 0.15) is 56.0 Å². The van der Waals surface area contributed by atoms with E-state index in [9.17, 15) is 14.4 Å². The van der Waals surface area contributed by atoms with Crippen LogP contribution in [0, 0.1) is 26.2 Å². The zero-order valence-corrected chi connectivity index (χ0v) is 22.6. The van der Waals surface area contributed by atoms with Crippen LogP contribution >= 0.6 is 12.6 Å². The number of anilines is 1. The number of alkyl carbamates (subject to hydrolysis) is 1. The van der Waals surface area contributed by atoms with Gasteiger partial charge in [-0.1, -0.05) is 42.3 Å². The van der Waals surface area contributed by atoms with Crippen molar-refractivity contribution in [3.05, 3.63) is 64.7 Å². The van der Waals surface area contributed by atoms with E-state index in [4.69, 9.17) is 11.2 Å². The number of carbonyl (C=O) groups excluding carboxylic acids is 3. The van der Waals surface area contributed by atoms with Gasteiger partial charge in [-0.05, 0) is 64.3 Å². The summed E-state index contributed by atoms with van der Waals surface area (Å²) in [6.45, 7) is 10.9. The Bertz CT molecular complexity index is 1130. The first kappa shape index (κ1) is 28.8. The maximum absolute atomic E-state index is 13.8. The normalized spacial score (nSPS) is 12.6. The average Bonchev–Trinajstić information content (AvgIpc) is 2.81. The van der Waals surface area contributed by atoms with Crippen LogP contribution in [-0.2, 0) is 14.3 Å². The fourth-order valence-corrected chi connectivity index (χ4v) is 4.07. The van der Waals surface area contributed by atoms with E-state index in [0.717, 1.165) is 11.1 Å². The summed E-state index contributed by atoms with van der Waals surface area (Å²) in [4.78, 5) is 41.3. The van der Waals surface area contributed by atoms with E-state index in [1.54, 1.807) is 52.0 Å². The minimum absolute atomic E-state index is 0.0105. The number of ether oxygens (including phenoxy) is 1. The van der Waals surface area contributed by atoms with E-state index >= 15 is 0 Å². The highest BCUT2D eigenvalue weighted by Gasteiger charge is 2.36. The fraction of sp³-hybridized carbons (Fsp3) is 0.393. The molecule has 7 nitrogen and oxygen atoms in total. The molecule has 8 heteroatoms. The minimum Gasteiger partial charge on any atom is -0.444 e. The van der Waals surface area contributed by atoms with Crippen LogP contribution in [0.5, 0.6) is 0 Å². The lowest BCUT2D eigenvalue weighted by Gasteiger charge is -2.34. The van der Waals surface area contributed by atoms with Crippen molar-refractivity contribution in [2.75, 3.05) is 17.6 Å². The molecular weight excluding hydrogens is 474 g/mol. The number of terminal acetylenes is 1. The number of hydrogen-bond donors (Lipinski definition) is 3. The predicted octanol–water partition coefficient (Wildman–Crippen LogP) is 4.64. The van der Waals surface area contributed by atoms with E-state index in [-0.39, 0.29) is 12.3 Å². The van der Waals surface area contributed by atoms with Crippen molar-refractivity contribution in [1.29, 1.82) is 0 Å². The Morgan fingerprint density at radius 3 is 2.22 bits per heavy atom. The standard InChI is InChI=1S/C28H35N3O4S/c1-8-20-15-10-11-16-21(20)24(25(32)30-23-18(3)13-12-14-19(23)4)31(9-2)26(33)22(17-36)29-27(34)35-28(5,6)7/h1,10-16,22,24,36H,9,17H2,2-7H3,(H,29,34)(H,30,32). The number of para-hydroxylation sites is 1. The molecule has 0 aliphatic heterocycles. The number of thiol groups is 1. The molecule has 2 N–H and O–H groups in total. The monoisotopic (exact) mass is 509 g/mol. The molecule has 0 radical (unpaired) electrons. The number of nitrogens with one attached hydrogen (secondary N) is 2. The zero-order valence-electron chi connectivity index (χ0n) is 21.7. The highest BCUT2D eigenvalue weighted by atomic mass is 32.1. The SMILES string of the molecule is C#Cc1ccccc1C(C(=O)Nc1c(C)cccc1C)N(CC)C(=O)C(CS)NC(=O)OC(C)(C)C. The molecule has 0 saturated carbocycles. The van der Waals surface area contributed by atoms with Crippen molar-refractivity contribution in [1.82, 2.24) is 10.2 Å². The van der Waals surface area contributed by atoms with Crippen LogP contribution in [-0.4, -0.2) is 46.7 Å². The summed E-state index contributed by atoms with van der Waals surface area (Å²) in [7, 11) is 0. The summed E-state index contributed by atoms with van der Waals surface area (Å²) in [5, 5.41) is 5.57. The van der Waals surface area contributed by atoms with E-state index < -0.39 is 35.6 Å². The van der Waals surface area contributed by atoms with Crippen molar-refractivity contribution in [3.8, 4) is 12.3 Å². The van der Waals surface area contributed by atoms with Gasteiger partial charge in [0.2, 0.25) is 5.91 Å². The number of nitrogens with zero attached hydrogens (tertiary/aromatic N) is 1. The van der Waals surface area contributed by atoms with Gasteiger partial charge in [0.1, 0.15) is 17.7 Å². The third-order valence-corrected chi connectivity index (χ3v) is 5.86. The molecule has 0 fully saturated rings. The molecule has 0 aromatic heterocycles. The number of rotatable bonds is 8. The quantitative estimate of drug-likeness (QED) is 0.358. The molecule has 0 bridgehead atoms. The second-order valence-electron chi connectivity index (χ2n) is 9.40. The summed E-state index contributed by atoms with van der Waals surface area (Å²) >= 11 is 4.28. The fourth-order valence-electron chi connectivity index (χ4n) is 3.82. The van der Waals surface area contributed by atoms with E-state index in [1.807, 2.05) is 32.0 Å². The molecule has 0 aliphatic rings. The Morgan fingerprint density at radius 2 is 1.69 bits per heavy atom. The Hall–Kier alpha value is -3.44. The molecule has 0 saturated heterocycles. The lowest BCUT2D eigenvalue weighted by Crippen LogP contribution is -2.53. The summed E-state index contributed by atoms with van der Waals surface area (Å²) in [5.41, 5.74) is 2.72. The second kappa shape index (κ2) is 12.5. The molecule has 2 atom stereocenters. The lowest BCUT2D eigenvalue weighted by molar-refractivity contribution is -0.140. The van der Waals surface area contributed by atoms with Crippen molar-refractivity contribution in [2.24, 2.45) is 0 Å². The van der Waals surface area contributed by atoms with Gasteiger partial charge in [-0.3, -0.25) is 9.59 Å². The lowest BCUT2D eigenvalue weighted by atomic mass is 9.97. The Balaban J connectivity index is 2.50. The smallest absolute Gasteiger partial charge is 0.408 e. The molecule has 0 aliphatic carbocycles. The molecule has 3 amide bonds. The topological polar surface area (TPSA) is 87.7 Å². The number of hydrogen-bond acceptors (Lipinski definition) is 5. The molecule has 192 valence electrons.